The van der Waals surface area contributed by atoms with Gasteiger partial charge in [-0.1, -0.05) is 12.6 Å². The normalized spacial score (nSPS) is 12.2. The first-order valence-corrected chi connectivity index (χ1v) is 9.87. The highest BCUT2D eigenvalue weighted by Gasteiger charge is 2.21. The van der Waals surface area contributed by atoms with Crippen LogP contribution in [-0.2, 0) is 4.79 Å². The molecule has 0 unspecified atom stereocenters. The Morgan fingerprint density at radius 2 is 1.94 bits per heavy atom. The van der Waals surface area contributed by atoms with E-state index in [2.05, 4.69) is 32.5 Å². The third-order valence-corrected chi connectivity index (χ3v) is 4.67. The summed E-state index contributed by atoms with van der Waals surface area (Å²) in [7, 11) is 5.45. The molecule has 11 heteroatoms. The van der Waals surface area contributed by atoms with Crippen LogP contribution in [-0.4, -0.2) is 42.7 Å². The van der Waals surface area contributed by atoms with Gasteiger partial charge in [-0.2, -0.15) is 4.98 Å². The zero-order chi connectivity index (χ0) is 23.4. The summed E-state index contributed by atoms with van der Waals surface area (Å²) in [5.41, 5.74) is 2.08. The van der Waals surface area contributed by atoms with Crippen molar-refractivity contribution in [2.45, 2.75) is 0 Å². The van der Waals surface area contributed by atoms with Crippen LogP contribution < -0.4 is 25.6 Å². The van der Waals surface area contributed by atoms with E-state index < -0.39 is 11.6 Å². The molecule has 1 aliphatic rings. The molecule has 0 atom stereocenters. The van der Waals surface area contributed by atoms with Gasteiger partial charge in [0.15, 0.2) is 17.4 Å². The van der Waals surface area contributed by atoms with Crippen LogP contribution in [0.1, 0.15) is 0 Å². The number of carbonyl (C=O) groups is 2. The third-order valence-electron chi connectivity index (χ3n) is 4.67. The Bertz CT molecular complexity index is 1240. The monoisotopic (exact) mass is 444 g/mol. The maximum Gasteiger partial charge on any atom is 0.247 e. The first-order valence-electron chi connectivity index (χ1n) is 9.87. The molecule has 3 aromatic rings. The number of hydrogen-bond acceptors (Lipinski definition) is 7. The van der Waals surface area contributed by atoms with Crippen molar-refractivity contribution in [1.29, 1.82) is 0 Å². The van der Waals surface area contributed by atoms with Crippen molar-refractivity contribution in [3.8, 4) is 5.75 Å². The van der Waals surface area contributed by atoms with E-state index in [-0.39, 0.29) is 17.7 Å². The molecule has 2 heterocycles. The average molecular weight is 444 g/mol. The molecule has 2 radical (unpaired) electrons. The van der Waals surface area contributed by atoms with Crippen LogP contribution in [0.2, 0.25) is 0 Å². The maximum absolute atomic E-state index is 14.4. The van der Waals surface area contributed by atoms with Crippen LogP contribution in [0.25, 0.3) is 0 Å². The third kappa shape index (κ3) is 5.09. The first-order chi connectivity index (χ1) is 15.9. The largest absolute Gasteiger partial charge is 0.490 e. The molecule has 0 fully saturated rings. The van der Waals surface area contributed by atoms with Gasteiger partial charge < -0.3 is 25.6 Å². The van der Waals surface area contributed by atoms with Crippen LogP contribution in [0.3, 0.4) is 0 Å². The summed E-state index contributed by atoms with van der Waals surface area (Å²) in [5.74, 6) is -1.04. The Balaban J connectivity index is 1.54. The number of anilines is 6. The van der Waals surface area contributed by atoms with E-state index in [1.54, 1.807) is 42.5 Å². The van der Waals surface area contributed by atoms with Gasteiger partial charge in [0.1, 0.15) is 12.4 Å². The minimum atomic E-state index is -0.667. The summed E-state index contributed by atoms with van der Waals surface area (Å²) in [6.07, 6.45) is 2.18. The van der Waals surface area contributed by atoms with E-state index >= 15 is 0 Å². The fourth-order valence-electron chi connectivity index (χ4n) is 3.17. The molecule has 0 spiro atoms. The van der Waals surface area contributed by atoms with Gasteiger partial charge in [0, 0.05) is 17.1 Å². The molecule has 9 nitrogen and oxygen atoms in total. The number of aromatic nitrogens is 2. The van der Waals surface area contributed by atoms with E-state index in [0.717, 1.165) is 12.3 Å². The zero-order valence-corrected chi connectivity index (χ0v) is 17.3. The molecule has 4 rings (SSSR count). The van der Waals surface area contributed by atoms with Gasteiger partial charge in [-0.3, -0.25) is 9.59 Å². The Morgan fingerprint density at radius 1 is 1.15 bits per heavy atom. The number of halogens is 1. The molecule has 3 N–H and O–H groups in total. The van der Waals surface area contributed by atoms with Crippen molar-refractivity contribution in [2.75, 3.05) is 34.0 Å². The van der Waals surface area contributed by atoms with Gasteiger partial charge in [0.05, 0.1) is 18.4 Å². The van der Waals surface area contributed by atoms with E-state index in [1.165, 1.54) is 4.90 Å². The highest BCUT2D eigenvalue weighted by atomic mass is 19.1. The highest BCUT2D eigenvalue weighted by molar-refractivity contribution is 6.60. The quantitative estimate of drug-likeness (QED) is 0.393. The molecule has 33 heavy (non-hydrogen) atoms. The second-order valence-electron chi connectivity index (χ2n) is 6.94. The van der Waals surface area contributed by atoms with Crippen molar-refractivity contribution in [1.82, 2.24) is 9.97 Å². The minimum absolute atomic E-state index is 0.0697. The predicted octanol–water partition coefficient (Wildman–Crippen LogP) is 3.71. The predicted molar refractivity (Wildman–Crippen MR) is 124 cm³/mol. The average Bonchev–Trinajstić information content (AvgIpc) is 2.81. The molecule has 1 aromatic heterocycles. The lowest BCUT2D eigenvalue weighted by molar-refractivity contribution is -0.111. The summed E-state index contributed by atoms with van der Waals surface area (Å²) in [5, 5.41) is 8.48. The summed E-state index contributed by atoms with van der Waals surface area (Å²) in [6.45, 7) is 4.08. The molecule has 0 saturated carbocycles. The van der Waals surface area contributed by atoms with Gasteiger partial charge in [-0.25, -0.2) is 9.37 Å². The Labute approximate surface area is 190 Å². The second-order valence-corrected chi connectivity index (χ2v) is 6.94. The number of rotatable bonds is 6. The van der Waals surface area contributed by atoms with Gasteiger partial charge in [0.25, 0.3) is 0 Å². The van der Waals surface area contributed by atoms with Crippen LogP contribution in [0.4, 0.5) is 43.7 Å². The lowest BCUT2D eigenvalue weighted by Crippen LogP contribution is -2.37. The van der Waals surface area contributed by atoms with Gasteiger partial charge >= 0.3 is 0 Å². The fourth-order valence-corrected chi connectivity index (χ4v) is 3.17. The van der Waals surface area contributed by atoms with Gasteiger partial charge in [-0.15, -0.1) is 0 Å². The second kappa shape index (κ2) is 9.39. The van der Waals surface area contributed by atoms with Crippen LogP contribution in [0.15, 0.2) is 61.3 Å². The lowest BCUT2D eigenvalue weighted by atomic mass is 10.1. The summed E-state index contributed by atoms with van der Waals surface area (Å²) >= 11 is 0. The fraction of sp³-hybridized carbons (Fsp3) is 0.0909. The molecular formula is C22H18BFN6O3. The van der Waals surface area contributed by atoms with Crippen molar-refractivity contribution in [3.63, 3.8) is 0 Å². The van der Waals surface area contributed by atoms with Gasteiger partial charge in [-0.05, 0) is 42.5 Å². The smallest absolute Gasteiger partial charge is 0.247 e. The van der Waals surface area contributed by atoms with Crippen molar-refractivity contribution < 1.29 is 18.7 Å². The number of nitrogens with one attached hydrogen (secondary N) is 3. The van der Waals surface area contributed by atoms with Gasteiger partial charge in [0.2, 0.25) is 19.7 Å². The maximum atomic E-state index is 14.4. The van der Waals surface area contributed by atoms with Crippen LogP contribution >= 0.6 is 0 Å². The van der Waals surface area contributed by atoms with Crippen LogP contribution in [0, 0.1) is 5.82 Å². The Kier molecular flexibility index (Phi) is 6.21. The molecule has 0 bridgehead atoms. The number of ether oxygens (including phenoxy) is 1. The number of nitrogens with zero attached hydrogens (tertiary/aromatic N) is 3. The molecule has 2 amide bonds. The molecule has 1 aliphatic heterocycles. The number of carbonyl (C=O) groups excluding carboxylic acids is 2. The Hall–Kier alpha value is -4.41. The van der Waals surface area contributed by atoms with Crippen molar-refractivity contribution >= 4 is 54.1 Å². The highest BCUT2D eigenvalue weighted by Crippen LogP contribution is 2.35. The standard InChI is InChI=1S/C22H18BFN6O3/c1-2-19(31)26-13-4-3-5-14(10-13)27-20-16(24)12-25-22(29-20)28-15-6-7-18-17(11-15)30(21(23)32)8-9-33-18/h2-7,10-12H,1,8-9H2,(H,26,31)(H2,25,27,28,29). The van der Waals surface area contributed by atoms with Crippen molar-refractivity contribution in [2.24, 2.45) is 0 Å². The van der Waals surface area contributed by atoms with Crippen LogP contribution in [0.5, 0.6) is 5.75 Å². The van der Waals surface area contributed by atoms with E-state index in [4.69, 9.17) is 12.6 Å². The zero-order valence-electron chi connectivity index (χ0n) is 17.3. The lowest BCUT2D eigenvalue weighted by Gasteiger charge is -2.29. The number of benzene rings is 2. The number of hydrogen-bond donors (Lipinski definition) is 3. The minimum Gasteiger partial charge on any atom is -0.490 e. The first kappa shape index (κ1) is 21.8. The summed E-state index contributed by atoms with van der Waals surface area (Å²) < 4.78 is 19.9. The SMILES string of the molecule is [B]C(=O)N1CCOc2ccc(Nc3ncc(F)c(Nc4cccc(NC(=O)C=C)c4)n3)cc21. The topological polar surface area (TPSA) is 108 Å². The van der Waals surface area contributed by atoms with E-state index in [9.17, 15) is 14.0 Å². The Morgan fingerprint density at radius 3 is 2.73 bits per heavy atom. The molecule has 2 aromatic carbocycles. The van der Waals surface area contributed by atoms with E-state index in [0.29, 0.717) is 41.7 Å². The number of amides is 2. The summed E-state index contributed by atoms with van der Waals surface area (Å²) in [4.78, 5) is 32.8. The molecule has 164 valence electrons. The number of fused-ring (bicyclic) bond motifs is 1. The molecule has 0 aliphatic carbocycles. The summed E-state index contributed by atoms with van der Waals surface area (Å²) in [6, 6.07) is 11.8. The molecular weight excluding hydrogens is 426 g/mol. The van der Waals surface area contributed by atoms with Crippen molar-refractivity contribution in [3.05, 3.63) is 67.1 Å². The molecule has 0 saturated heterocycles. The van der Waals surface area contributed by atoms with E-state index in [1.807, 2.05) is 0 Å².